The van der Waals surface area contributed by atoms with Crippen LogP contribution in [0.1, 0.15) is 18.2 Å². The van der Waals surface area contributed by atoms with Crippen molar-refractivity contribution in [3.05, 3.63) is 10.9 Å². The Morgan fingerprint density at radius 1 is 1.45 bits per heavy atom. The number of anilines is 2. The Balaban J connectivity index is 2.35. The summed E-state index contributed by atoms with van der Waals surface area (Å²) in [4.78, 5) is 13.3. The first-order valence-electron chi connectivity index (χ1n) is 6.66. The predicted octanol–water partition coefficient (Wildman–Crippen LogP) is 2.01. The standard InChI is InChI=1S/C13H21N5OS/c1-4-9-8-10-11(18(2)6-5-7-19-3)15-13(17-14)16-12(10)20-9/h8H,4-7,14H2,1-3H3,(H,15,16,17). The minimum absolute atomic E-state index is 0.454. The van der Waals surface area contributed by atoms with Crippen LogP contribution in [0.4, 0.5) is 11.8 Å². The predicted molar refractivity (Wildman–Crippen MR) is 84.4 cm³/mol. The number of rotatable bonds is 7. The minimum atomic E-state index is 0.454. The van der Waals surface area contributed by atoms with E-state index in [1.54, 1.807) is 18.4 Å². The SMILES string of the molecule is CCc1cc2c(N(C)CCCOC)nc(NN)nc2s1. The van der Waals surface area contributed by atoms with Crippen molar-refractivity contribution >= 4 is 33.3 Å². The average Bonchev–Trinajstić information content (AvgIpc) is 2.89. The second-order valence-electron chi connectivity index (χ2n) is 4.57. The molecule has 3 N–H and O–H groups in total. The van der Waals surface area contributed by atoms with Crippen LogP contribution in [-0.2, 0) is 11.2 Å². The van der Waals surface area contributed by atoms with E-state index in [2.05, 4.69) is 33.3 Å². The molecule has 0 amide bonds. The molecular weight excluding hydrogens is 274 g/mol. The number of thiophene rings is 1. The van der Waals surface area contributed by atoms with Crippen LogP contribution in [0.15, 0.2) is 6.07 Å². The van der Waals surface area contributed by atoms with Crippen molar-refractivity contribution in [2.24, 2.45) is 5.84 Å². The summed E-state index contributed by atoms with van der Waals surface area (Å²) in [6, 6.07) is 2.17. The Hall–Kier alpha value is -1.44. The third kappa shape index (κ3) is 3.17. The highest BCUT2D eigenvalue weighted by molar-refractivity contribution is 7.18. The first-order valence-corrected chi connectivity index (χ1v) is 7.48. The van der Waals surface area contributed by atoms with Gasteiger partial charge in [-0.2, -0.15) is 4.98 Å². The van der Waals surface area contributed by atoms with Crippen molar-refractivity contribution < 1.29 is 4.74 Å². The van der Waals surface area contributed by atoms with Crippen LogP contribution in [0, 0.1) is 0 Å². The first kappa shape index (κ1) is 15.0. The maximum Gasteiger partial charge on any atom is 0.240 e. The van der Waals surface area contributed by atoms with E-state index in [0.29, 0.717) is 5.95 Å². The molecule has 0 spiro atoms. The van der Waals surface area contributed by atoms with E-state index in [9.17, 15) is 0 Å². The number of ether oxygens (including phenoxy) is 1. The zero-order valence-corrected chi connectivity index (χ0v) is 13.0. The van der Waals surface area contributed by atoms with Crippen molar-refractivity contribution in [3.8, 4) is 0 Å². The highest BCUT2D eigenvalue weighted by Gasteiger charge is 2.14. The molecule has 0 saturated heterocycles. The van der Waals surface area contributed by atoms with E-state index in [-0.39, 0.29) is 0 Å². The van der Waals surface area contributed by atoms with Crippen molar-refractivity contribution in [2.45, 2.75) is 19.8 Å². The molecule has 2 aromatic heterocycles. The Labute approximate surface area is 122 Å². The van der Waals surface area contributed by atoms with Crippen molar-refractivity contribution in [3.63, 3.8) is 0 Å². The third-order valence-corrected chi connectivity index (χ3v) is 4.28. The lowest BCUT2D eigenvalue weighted by Gasteiger charge is -2.19. The number of hydrazine groups is 1. The number of aromatic nitrogens is 2. The van der Waals surface area contributed by atoms with Crippen molar-refractivity contribution in [2.75, 3.05) is 37.6 Å². The van der Waals surface area contributed by atoms with Gasteiger partial charge in [0.05, 0.1) is 5.39 Å². The van der Waals surface area contributed by atoms with Gasteiger partial charge in [-0.15, -0.1) is 11.3 Å². The summed E-state index contributed by atoms with van der Waals surface area (Å²) < 4.78 is 5.09. The molecule has 0 saturated carbocycles. The molecule has 0 atom stereocenters. The highest BCUT2D eigenvalue weighted by atomic mass is 32.1. The molecule has 0 aromatic carbocycles. The fourth-order valence-electron chi connectivity index (χ4n) is 2.04. The van der Waals surface area contributed by atoms with Crippen LogP contribution in [0.3, 0.4) is 0 Å². The number of nitrogen functional groups attached to an aromatic ring is 1. The van der Waals surface area contributed by atoms with Crippen LogP contribution < -0.4 is 16.2 Å². The largest absolute Gasteiger partial charge is 0.385 e. The number of hydrogen-bond acceptors (Lipinski definition) is 7. The van der Waals surface area contributed by atoms with E-state index in [4.69, 9.17) is 10.6 Å². The average molecular weight is 295 g/mol. The molecule has 2 rings (SSSR count). The van der Waals surface area contributed by atoms with Gasteiger partial charge < -0.3 is 9.64 Å². The lowest BCUT2D eigenvalue weighted by atomic mass is 10.3. The number of hydrogen-bond donors (Lipinski definition) is 2. The third-order valence-electron chi connectivity index (χ3n) is 3.10. The monoisotopic (exact) mass is 295 g/mol. The lowest BCUT2D eigenvalue weighted by Crippen LogP contribution is -2.22. The summed E-state index contributed by atoms with van der Waals surface area (Å²) in [6.07, 6.45) is 1.95. The van der Waals surface area contributed by atoms with Crippen LogP contribution >= 0.6 is 11.3 Å². The smallest absolute Gasteiger partial charge is 0.240 e. The minimum Gasteiger partial charge on any atom is -0.385 e. The molecule has 0 unspecified atom stereocenters. The number of fused-ring (bicyclic) bond motifs is 1. The maximum atomic E-state index is 5.46. The van der Waals surface area contributed by atoms with Gasteiger partial charge in [0.15, 0.2) is 0 Å². The quantitative estimate of drug-likeness (QED) is 0.462. The molecule has 110 valence electrons. The number of methoxy groups -OCH3 is 1. The lowest BCUT2D eigenvalue weighted by molar-refractivity contribution is 0.196. The molecule has 0 aliphatic rings. The van der Waals surface area contributed by atoms with Crippen molar-refractivity contribution in [1.82, 2.24) is 9.97 Å². The molecule has 2 heterocycles. The van der Waals surface area contributed by atoms with Crippen LogP contribution in [0.2, 0.25) is 0 Å². The maximum absolute atomic E-state index is 5.46. The van der Waals surface area contributed by atoms with Crippen LogP contribution in [0.25, 0.3) is 10.2 Å². The van der Waals surface area contributed by atoms with E-state index in [1.807, 2.05) is 7.05 Å². The first-order chi connectivity index (χ1) is 9.69. The zero-order chi connectivity index (χ0) is 14.5. The number of nitrogens with one attached hydrogen (secondary N) is 1. The van der Waals surface area contributed by atoms with E-state index in [1.165, 1.54) is 4.88 Å². The molecule has 0 aliphatic heterocycles. The summed E-state index contributed by atoms with van der Waals surface area (Å²) in [6.45, 7) is 3.76. The Bertz CT molecular complexity index is 571. The van der Waals surface area contributed by atoms with Gasteiger partial charge in [-0.1, -0.05) is 6.92 Å². The Kier molecular flexibility index (Phi) is 5.11. The number of nitrogens with zero attached hydrogens (tertiary/aromatic N) is 3. The van der Waals surface area contributed by atoms with Gasteiger partial charge in [0.25, 0.3) is 0 Å². The van der Waals surface area contributed by atoms with Crippen molar-refractivity contribution in [1.29, 1.82) is 0 Å². The van der Waals surface area contributed by atoms with Crippen LogP contribution in [0.5, 0.6) is 0 Å². The van der Waals surface area contributed by atoms with Gasteiger partial charge >= 0.3 is 0 Å². The van der Waals surface area contributed by atoms with Crippen LogP contribution in [-0.4, -0.2) is 37.3 Å². The Morgan fingerprint density at radius 3 is 2.90 bits per heavy atom. The molecule has 0 aliphatic carbocycles. The number of aryl methyl sites for hydroxylation is 1. The van der Waals surface area contributed by atoms with E-state index < -0.39 is 0 Å². The summed E-state index contributed by atoms with van der Waals surface area (Å²) in [5, 5.41) is 1.09. The number of nitrogens with two attached hydrogens (primary N) is 1. The summed E-state index contributed by atoms with van der Waals surface area (Å²) in [5.41, 5.74) is 2.54. The fourth-order valence-corrected chi connectivity index (χ4v) is 3.00. The van der Waals surface area contributed by atoms with E-state index >= 15 is 0 Å². The zero-order valence-electron chi connectivity index (χ0n) is 12.1. The van der Waals surface area contributed by atoms with Gasteiger partial charge in [0.1, 0.15) is 10.6 Å². The fraction of sp³-hybridized carbons (Fsp3) is 0.538. The molecule has 0 fully saturated rings. The molecule has 2 aromatic rings. The van der Waals surface area contributed by atoms with Gasteiger partial charge in [-0.05, 0) is 18.9 Å². The molecule has 7 heteroatoms. The molecule has 0 radical (unpaired) electrons. The second kappa shape index (κ2) is 6.83. The Morgan fingerprint density at radius 2 is 2.25 bits per heavy atom. The van der Waals surface area contributed by atoms with Gasteiger partial charge in [-0.3, -0.25) is 5.43 Å². The molecule has 0 bridgehead atoms. The van der Waals surface area contributed by atoms with Gasteiger partial charge in [0, 0.05) is 32.2 Å². The summed E-state index contributed by atoms with van der Waals surface area (Å²) >= 11 is 1.69. The summed E-state index contributed by atoms with van der Waals surface area (Å²) in [5.74, 6) is 6.83. The second-order valence-corrected chi connectivity index (χ2v) is 5.68. The topological polar surface area (TPSA) is 76.3 Å². The molecule has 20 heavy (non-hydrogen) atoms. The van der Waals surface area contributed by atoms with Gasteiger partial charge in [-0.25, -0.2) is 10.8 Å². The summed E-state index contributed by atoms with van der Waals surface area (Å²) in [7, 11) is 3.74. The highest BCUT2D eigenvalue weighted by Crippen LogP contribution is 2.31. The molecular formula is C13H21N5OS. The normalized spacial score (nSPS) is 11.0. The van der Waals surface area contributed by atoms with Gasteiger partial charge in [0.2, 0.25) is 5.95 Å². The van der Waals surface area contributed by atoms with E-state index in [0.717, 1.165) is 42.0 Å². The molecule has 6 nitrogen and oxygen atoms in total.